The second kappa shape index (κ2) is 11.9. The van der Waals surface area contributed by atoms with Gasteiger partial charge in [0.25, 0.3) is 0 Å². The largest absolute Gasteiger partial charge is 0.462 e. The molecule has 0 fully saturated rings. The maximum Gasteiger partial charge on any atom is 0.302 e. The van der Waals surface area contributed by atoms with Crippen molar-refractivity contribution in [1.82, 2.24) is 0 Å². The van der Waals surface area contributed by atoms with Crippen LogP contribution in [0.2, 0.25) is 0 Å². The maximum absolute atomic E-state index is 11.1. The molecule has 0 heterocycles. The second-order valence-corrected chi connectivity index (χ2v) is 8.60. The number of rotatable bonds is 10. The van der Waals surface area contributed by atoms with Gasteiger partial charge in [-0.3, -0.25) is 9.59 Å². The summed E-state index contributed by atoms with van der Waals surface area (Å²) in [5.74, 6) is 0.0465. The molecule has 0 aromatic rings. The third kappa shape index (κ3) is 9.38. The summed E-state index contributed by atoms with van der Waals surface area (Å²) in [5, 5.41) is 0. The van der Waals surface area contributed by atoms with Gasteiger partial charge in [0.2, 0.25) is 0 Å². The predicted molar refractivity (Wildman–Crippen MR) is 114 cm³/mol. The van der Waals surface area contributed by atoms with Crippen LogP contribution in [0.15, 0.2) is 34.9 Å². The van der Waals surface area contributed by atoms with Gasteiger partial charge in [-0.15, -0.1) is 0 Å². The van der Waals surface area contributed by atoms with E-state index < -0.39 is 0 Å². The van der Waals surface area contributed by atoms with E-state index in [4.69, 9.17) is 9.47 Å². The Morgan fingerprint density at radius 2 is 1.79 bits per heavy atom. The molecule has 0 saturated heterocycles. The van der Waals surface area contributed by atoms with E-state index in [0.29, 0.717) is 11.3 Å². The topological polar surface area (TPSA) is 52.6 Å². The Morgan fingerprint density at radius 1 is 1.11 bits per heavy atom. The highest BCUT2D eigenvalue weighted by atomic mass is 16.5. The first kappa shape index (κ1) is 24.2. The molecule has 0 bridgehead atoms. The summed E-state index contributed by atoms with van der Waals surface area (Å²) >= 11 is 0. The van der Waals surface area contributed by atoms with Gasteiger partial charge in [0.15, 0.2) is 0 Å². The molecule has 158 valence electrons. The molecule has 4 nitrogen and oxygen atoms in total. The molecule has 0 unspecified atom stereocenters. The van der Waals surface area contributed by atoms with E-state index in [0.717, 1.165) is 24.8 Å². The molecule has 0 saturated carbocycles. The van der Waals surface area contributed by atoms with Crippen molar-refractivity contribution in [2.45, 2.75) is 80.1 Å². The van der Waals surface area contributed by atoms with Crippen LogP contribution in [-0.4, -0.2) is 25.2 Å². The lowest BCUT2D eigenvalue weighted by Crippen LogP contribution is -2.27. The molecular weight excluding hydrogens is 352 g/mol. The van der Waals surface area contributed by atoms with Crippen LogP contribution in [0.4, 0.5) is 0 Å². The second-order valence-electron chi connectivity index (χ2n) is 8.60. The highest BCUT2D eigenvalue weighted by Crippen LogP contribution is 2.43. The van der Waals surface area contributed by atoms with Crippen LogP contribution in [0.3, 0.4) is 0 Å². The quantitative estimate of drug-likeness (QED) is 0.343. The van der Waals surface area contributed by atoms with Crippen LogP contribution in [0.5, 0.6) is 0 Å². The van der Waals surface area contributed by atoms with E-state index in [1.807, 2.05) is 6.08 Å². The van der Waals surface area contributed by atoms with Gasteiger partial charge >= 0.3 is 11.9 Å². The zero-order valence-corrected chi connectivity index (χ0v) is 18.6. The zero-order valence-electron chi connectivity index (χ0n) is 18.6. The van der Waals surface area contributed by atoms with E-state index >= 15 is 0 Å². The van der Waals surface area contributed by atoms with Gasteiger partial charge in [-0.05, 0) is 75.4 Å². The summed E-state index contributed by atoms with van der Waals surface area (Å²) in [6.45, 7) is 12.5. The minimum absolute atomic E-state index is 0.219. The van der Waals surface area contributed by atoms with Crippen LogP contribution in [0.1, 0.15) is 80.1 Å². The Hall–Kier alpha value is -1.84. The molecule has 1 rings (SSSR count). The van der Waals surface area contributed by atoms with Gasteiger partial charge in [-0.2, -0.15) is 0 Å². The highest BCUT2D eigenvalue weighted by molar-refractivity contribution is 5.66. The van der Waals surface area contributed by atoms with Crippen LogP contribution in [0.25, 0.3) is 0 Å². The van der Waals surface area contributed by atoms with E-state index in [9.17, 15) is 9.59 Å². The molecule has 0 N–H and O–H groups in total. The summed E-state index contributed by atoms with van der Waals surface area (Å²) < 4.78 is 10.1. The van der Waals surface area contributed by atoms with Crippen LogP contribution < -0.4 is 0 Å². The average molecular weight is 391 g/mol. The van der Waals surface area contributed by atoms with Crippen molar-refractivity contribution in [3.05, 3.63) is 34.9 Å². The number of hydrogen-bond donors (Lipinski definition) is 0. The summed E-state index contributed by atoms with van der Waals surface area (Å²) in [6, 6.07) is 0. The normalized spacial score (nSPS) is 19.8. The first-order chi connectivity index (χ1) is 13.1. The number of allylic oxidation sites excluding steroid dienone is 4. The average Bonchev–Trinajstić information content (AvgIpc) is 2.57. The van der Waals surface area contributed by atoms with Crippen molar-refractivity contribution in [3.8, 4) is 0 Å². The molecule has 1 aliphatic carbocycles. The fourth-order valence-corrected chi connectivity index (χ4v) is 3.91. The third-order valence-electron chi connectivity index (χ3n) is 5.65. The van der Waals surface area contributed by atoms with Crippen LogP contribution >= 0.6 is 0 Å². The molecule has 0 radical (unpaired) electrons. The van der Waals surface area contributed by atoms with Crippen molar-refractivity contribution in [1.29, 1.82) is 0 Å². The maximum atomic E-state index is 11.1. The number of carbonyl (C=O) groups is 2. The highest BCUT2D eigenvalue weighted by Gasteiger charge is 2.32. The van der Waals surface area contributed by atoms with E-state index in [2.05, 4.69) is 39.8 Å². The standard InChI is InChI=1S/C24H38O4/c1-18(12-13-23-19(2)10-8-15-24(23,5)6)9-7-11-22(17-28-21(4)26)14-16-27-20(3)25/h9-10,14,23H,7-8,11-13,15-17H2,1-6H3/b18-9+,22-14+/t23-/m1/s1. The van der Waals surface area contributed by atoms with Crippen molar-refractivity contribution in [2.24, 2.45) is 11.3 Å². The first-order valence-electron chi connectivity index (χ1n) is 10.4. The minimum atomic E-state index is -0.311. The molecule has 0 aromatic heterocycles. The molecule has 1 aliphatic rings. The van der Waals surface area contributed by atoms with E-state index in [1.54, 1.807) is 5.57 Å². The smallest absolute Gasteiger partial charge is 0.302 e. The molecule has 4 heteroatoms. The van der Waals surface area contributed by atoms with Gasteiger partial charge in [0.05, 0.1) is 0 Å². The molecule has 0 spiro atoms. The zero-order chi connectivity index (χ0) is 21.2. The minimum Gasteiger partial charge on any atom is -0.462 e. The fourth-order valence-electron chi connectivity index (χ4n) is 3.91. The lowest BCUT2D eigenvalue weighted by molar-refractivity contribution is -0.141. The number of esters is 2. The molecular formula is C24H38O4. The Labute approximate surface area is 171 Å². The van der Waals surface area contributed by atoms with Crippen molar-refractivity contribution < 1.29 is 19.1 Å². The summed E-state index contributed by atoms with van der Waals surface area (Å²) in [4.78, 5) is 22.0. The van der Waals surface area contributed by atoms with Gasteiger partial charge in [0.1, 0.15) is 13.2 Å². The Morgan fingerprint density at radius 3 is 2.39 bits per heavy atom. The van der Waals surface area contributed by atoms with Crippen molar-refractivity contribution >= 4 is 11.9 Å². The van der Waals surface area contributed by atoms with E-state index in [1.165, 1.54) is 38.7 Å². The van der Waals surface area contributed by atoms with Gasteiger partial charge in [-0.25, -0.2) is 0 Å². The van der Waals surface area contributed by atoms with Crippen molar-refractivity contribution in [2.75, 3.05) is 13.2 Å². The van der Waals surface area contributed by atoms with Crippen molar-refractivity contribution in [3.63, 3.8) is 0 Å². The Bertz CT molecular complexity index is 623. The van der Waals surface area contributed by atoms with Gasteiger partial charge in [0, 0.05) is 13.8 Å². The molecule has 0 aromatic carbocycles. The predicted octanol–water partition coefficient (Wildman–Crippen LogP) is 5.93. The van der Waals surface area contributed by atoms with E-state index in [-0.39, 0.29) is 25.2 Å². The summed E-state index contributed by atoms with van der Waals surface area (Å²) in [6.07, 6.45) is 13.0. The van der Waals surface area contributed by atoms with Gasteiger partial charge < -0.3 is 9.47 Å². The van der Waals surface area contributed by atoms with Gasteiger partial charge in [-0.1, -0.05) is 37.1 Å². The lowest BCUT2D eigenvalue weighted by Gasteiger charge is -2.38. The Kier molecular flexibility index (Phi) is 10.3. The SMILES string of the molecule is CC(=O)OC/C=C(\CC/C=C(\C)CC[C@@H]1C(C)=CCCC1(C)C)COC(C)=O. The fraction of sp³-hybridized carbons (Fsp3) is 0.667. The monoisotopic (exact) mass is 390 g/mol. The van der Waals surface area contributed by atoms with Crippen LogP contribution in [-0.2, 0) is 19.1 Å². The number of ether oxygens (including phenoxy) is 2. The summed E-state index contributed by atoms with van der Waals surface area (Å²) in [5.41, 5.74) is 4.31. The number of carbonyl (C=O) groups excluding carboxylic acids is 2. The molecule has 0 amide bonds. The Balaban J connectivity index is 2.54. The third-order valence-corrected chi connectivity index (χ3v) is 5.65. The molecule has 0 aliphatic heterocycles. The molecule has 28 heavy (non-hydrogen) atoms. The summed E-state index contributed by atoms with van der Waals surface area (Å²) in [7, 11) is 0. The molecule has 1 atom stereocenters. The lowest BCUT2D eigenvalue weighted by atomic mass is 9.67. The first-order valence-corrected chi connectivity index (χ1v) is 10.4. The number of hydrogen-bond acceptors (Lipinski definition) is 4. The van der Waals surface area contributed by atoms with Crippen LogP contribution in [0, 0.1) is 11.3 Å².